The maximum Gasteiger partial charge on any atom is 0.208 e. The van der Waals surface area contributed by atoms with Crippen LogP contribution in [-0.4, -0.2) is 81.2 Å². The highest BCUT2D eigenvalue weighted by Crippen LogP contribution is 2.19. The summed E-state index contributed by atoms with van der Waals surface area (Å²) in [5.74, 6) is 1.76. The predicted octanol–water partition coefficient (Wildman–Crippen LogP) is -0.263. The summed E-state index contributed by atoms with van der Waals surface area (Å²) in [6.07, 6.45) is 2.73. The highest BCUT2D eigenvalue weighted by Gasteiger charge is 2.21. The van der Waals surface area contributed by atoms with Gasteiger partial charge in [0.1, 0.15) is 5.82 Å². The molecule has 0 amide bonds. The fourth-order valence-corrected chi connectivity index (χ4v) is 3.82. The molecule has 1 fully saturated rings. The molecular weight excluding hydrogens is 362 g/mol. The van der Waals surface area contributed by atoms with Gasteiger partial charge in [0.25, 0.3) is 0 Å². The van der Waals surface area contributed by atoms with Crippen molar-refractivity contribution >= 4 is 32.6 Å². The first-order valence-electron chi connectivity index (χ1n) is 8.40. The molecule has 0 saturated carbocycles. The molecule has 1 saturated heterocycles. The van der Waals surface area contributed by atoms with E-state index in [1.165, 1.54) is 17.8 Å². The van der Waals surface area contributed by atoms with Gasteiger partial charge in [0.15, 0.2) is 5.96 Å². The molecule has 25 heavy (non-hydrogen) atoms. The van der Waals surface area contributed by atoms with E-state index in [0.29, 0.717) is 19.5 Å². The van der Waals surface area contributed by atoms with Gasteiger partial charge in [-0.3, -0.25) is 4.99 Å². The molecule has 0 spiro atoms. The molecule has 1 aromatic rings. The van der Waals surface area contributed by atoms with Gasteiger partial charge < -0.3 is 15.1 Å². The quantitative estimate of drug-likeness (QED) is 0.376. The van der Waals surface area contributed by atoms with Gasteiger partial charge in [-0.2, -0.15) is 4.37 Å². The van der Waals surface area contributed by atoms with Crippen LogP contribution in [0, 0.1) is 0 Å². The van der Waals surface area contributed by atoms with Crippen LogP contribution < -0.4 is 14.9 Å². The van der Waals surface area contributed by atoms with Crippen LogP contribution in [0.5, 0.6) is 0 Å². The molecule has 1 aromatic heterocycles. The highest BCUT2D eigenvalue weighted by molar-refractivity contribution is 7.88. The zero-order valence-electron chi connectivity index (χ0n) is 15.0. The zero-order valence-corrected chi connectivity index (χ0v) is 16.7. The number of hydrogen-bond acceptors (Lipinski definition) is 7. The third-order valence-corrected chi connectivity index (χ3v) is 5.38. The first-order valence-corrected chi connectivity index (χ1v) is 11.1. The van der Waals surface area contributed by atoms with Crippen LogP contribution >= 0.6 is 11.5 Å². The van der Waals surface area contributed by atoms with E-state index in [2.05, 4.69) is 41.1 Å². The monoisotopic (exact) mass is 389 g/mol. The minimum Gasteiger partial charge on any atom is -0.356 e. The van der Waals surface area contributed by atoms with Crippen LogP contribution in [-0.2, 0) is 16.4 Å². The number of aromatic nitrogens is 2. The molecule has 0 radical (unpaired) electrons. The van der Waals surface area contributed by atoms with Crippen LogP contribution in [0.1, 0.15) is 19.2 Å². The van der Waals surface area contributed by atoms with Crippen molar-refractivity contribution < 1.29 is 8.42 Å². The molecule has 9 nitrogen and oxygen atoms in total. The molecule has 2 N–H and O–H groups in total. The lowest BCUT2D eigenvalue weighted by molar-refractivity contribution is 0.372. The molecule has 0 bridgehead atoms. The number of hydrogen-bond donors (Lipinski definition) is 2. The summed E-state index contributed by atoms with van der Waals surface area (Å²) in [5.41, 5.74) is 0. The maximum atomic E-state index is 11.0. The van der Waals surface area contributed by atoms with Gasteiger partial charge in [0.05, 0.1) is 6.26 Å². The Kier molecular flexibility index (Phi) is 7.38. The molecule has 1 aliphatic heterocycles. The summed E-state index contributed by atoms with van der Waals surface area (Å²) >= 11 is 1.46. The van der Waals surface area contributed by atoms with E-state index in [1.807, 2.05) is 0 Å². The van der Waals surface area contributed by atoms with Crippen LogP contribution in [0.15, 0.2) is 4.99 Å². The minimum absolute atomic E-state index is 0.424. The number of guanidine groups is 1. The lowest BCUT2D eigenvalue weighted by Gasteiger charge is -2.36. The molecule has 0 atom stereocenters. The second-order valence-corrected chi connectivity index (χ2v) is 8.38. The third kappa shape index (κ3) is 6.40. The fourth-order valence-electron chi connectivity index (χ4n) is 2.50. The highest BCUT2D eigenvalue weighted by atomic mass is 32.2. The van der Waals surface area contributed by atoms with Crippen LogP contribution in [0.3, 0.4) is 0 Å². The summed E-state index contributed by atoms with van der Waals surface area (Å²) in [5, 5.41) is 4.28. The van der Waals surface area contributed by atoms with Gasteiger partial charge >= 0.3 is 0 Å². The Morgan fingerprint density at radius 3 is 2.56 bits per heavy atom. The van der Waals surface area contributed by atoms with E-state index in [4.69, 9.17) is 0 Å². The molecule has 1 aliphatic rings. The molecule has 0 aliphatic carbocycles. The smallest absolute Gasteiger partial charge is 0.208 e. The Morgan fingerprint density at radius 1 is 1.28 bits per heavy atom. The Balaban J connectivity index is 1.74. The van der Waals surface area contributed by atoms with Crippen molar-refractivity contribution in [1.29, 1.82) is 0 Å². The topological polar surface area (TPSA) is 103 Å². The molecule has 0 aromatic carbocycles. The van der Waals surface area contributed by atoms with Gasteiger partial charge in [-0.05, 0) is 6.42 Å². The van der Waals surface area contributed by atoms with Crippen molar-refractivity contribution in [3.8, 4) is 0 Å². The number of piperazine rings is 1. The van der Waals surface area contributed by atoms with Crippen molar-refractivity contribution in [2.45, 2.75) is 19.8 Å². The Morgan fingerprint density at radius 2 is 2.00 bits per heavy atom. The molecule has 11 heteroatoms. The minimum atomic E-state index is -3.12. The van der Waals surface area contributed by atoms with Gasteiger partial charge in [-0.1, -0.05) is 6.92 Å². The number of sulfonamides is 1. The molecular formula is C14H27N7O2S2. The Bertz CT molecular complexity index is 666. The summed E-state index contributed by atoms with van der Waals surface area (Å²) in [6, 6.07) is 0. The molecule has 0 unspecified atom stereocenters. The fraction of sp³-hybridized carbons (Fsp3) is 0.786. The first kappa shape index (κ1) is 19.9. The summed E-state index contributed by atoms with van der Waals surface area (Å²) < 4.78 is 28.9. The van der Waals surface area contributed by atoms with E-state index < -0.39 is 10.0 Å². The van der Waals surface area contributed by atoms with Crippen molar-refractivity contribution in [1.82, 2.24) is 24.3 Å². The van der Waals surface area contributed by atoms with Crippen LogP contribution in [0.2, 0.25) is 0 Å². The molecule has 2 rings (SSSR count). The number of nitrogens with one attached hydrogen (secondary N) is 2. The van der Waals surface area contributed by atoms with E-state index in [0.717, 1.165) is 49.5 Å². The van der Waals surface area contributed by atoms with Gasteiger partial charge in [0.2, 0.25) is 15.2 Å². The zero-order chi connectivity index (χ0) is 18.3. The van der Waals surface area contributed by atoms with E-state index >= 15 is 0 Å². The van der Waals surface area contributed by atoms with E-state index in [9.17, 15) is 8.42 Å². The predicted molar refractivity (Wildman–Crippen MR) is 102 cm³/mol. The van der Waals surface area contributed by atoms with Crippen LogP contribution in [0.25, 0.3) is 0 Å². The van der Waals surface area contributed by atoms with Crippen molar-refractivity contribution in [3.63, 3.8) is 0 Å². The van der Waals surface area contributed by atoms with Crippen LogP contribution in [0.4, 0.5) is 5.13 Å². The number of rotatable bonds is 7. The second kappa shape index (κ2) is 9.30. The standard InChI is InChI=1S/C14H27N7O2S2/c1-4-12-18-14(24-19-12)21-10-8-20(9-11-21)13(15-2)16-6-5-7-17-25(3,22)23/h17H,4-11H2,1-3H3,(H,15,16). The number of anilines is 1. The second-order valence-electron chi connectivity index (χ2n) is 5.81. The Hall–Kier alpha value is -1.46. The van der Waals surface area contributed by atoms with E-state index in [-0.39, 0.29) is 0 Å². The largest absolute Gasteiger partial charge is 0.356 e. The molecule has 2 heterocycles. The van der Waals surface area contributed by atoms with Gasteiger partial charge in [-0.25, -0.2) is 18.1 Å². The first-order chi connectivity index (χ1) is 11.9. The molecule has 142 valence electrons. The average Bonchev–Trinajstić information content (AvgIpc) is 3.06. The SMILES string of the molecule is CCc1nsc(N2CCN(C(=NC)NCCCNS(C)(=O)=O)CC2)n1. The Labute approximate surface area is 153 Å². The summed E-state index contributed by atoms with van der Waals surface area (Å²) in [7, 11) is -1.35. The van der Waals surface area contributed by atoms with Gasteiger partial charge in [0, 0.05) is 64.3 Å². The summed E-state index contributed by atoms with van der Waals surface area (Å²) in [6.45, 7) is 6.65. The normalized spacial score (nSPS) is 16.4. The van der Waals surface area contributed by atoms with Gasteiger partial charge in [-0.15, -0.1) is 0 Å². The lowest BCUT2D eigenvalue weighted by atomic mass is 10.3. The number of aliphatic imine (C=N–C) groups is 1. The third-order valence-electron chi connectivity index (χ3n) is 3.84. The number of aryl methyl sites for hydroxylation is 1. The number of nitrogens with zero attached hydrogens (tertiary/aromatic N) is 5. The average molecular weight is 390 g/mol. The van der Waals surface area contributed by atoms with Crippen molar-refractivity contribution in [2.75, 3.05) is 57.5 Å². The van der Waals surface area contributed by atoms with Crippen molar-refractivity contribution in [3.05, 3.63) is 5.82 Å². The van der Waals surface area contributed by atoms with Crippen molar-refractivity contribution in [2.24, 2.45) is 4.99 Å². The summed E-state index contributed by atoms with van der Waals surface area (Å²) in [4.78, 5) is 13.3. The van der Waals surface area contributed by atoms with E-state index in [1.54, 1.807) is 7.05 Å². The maximum absolute atomic E-state index is 11.0. The lowest BCUT2D eigenvalue weighted by Crippen LogP contribution is -2.52.